The molecule has 5 nitrogen and oxygen atoms in total. The maximum absolute atomic E-state index is 12.2. The Morgan fingerprint density at radius 2 is 2.22 bits per heavy atom. The third kappa shape index (κ3) is 4.94. The van der Waals surface area contributed by atoms with Gasteiger partial charge in [0.05, 0.1) is 19.1 Å². The lowest BCUT2D eigenvalue weighted by Gasteiger charge is -2.30. The first-order chi connectivity index (χ1) is 11.0. The molecular formula is C17H23ClN2O3. The fourth-order valence-electron chi connectivity index (χ4n) is 2.79. The van der Waals surface area contributed by atoms with Crippen LogP contribution in [0.5, 0.6) is 0 Å². The van der Waals surface area contributed by atoms with Crippen molar-refractivity contribution in [2.75, 3.05) is 31.6 Å². The standard InChI is InChI=1S/C17H23ClN2O3/c1-3-23-17(22)13-6-5-9-20(10-13)11-16(21)19-15-8-4-7-14(18)12(15)2/h4,7-8,13H,3,5-6,9-11H2,1-2H3,(H,19,21)/t13-/m1/s1. The summed E-state index contributed by atoms with van der Waals surface area (Å²) in [5, 5.41) is 3.51. The highest BCUT2D eigenvalue weighted by Gasteiger charge is 2.27. The van der Waals surface area contributed by atoms with E-state index in [1.54, 1.807) is 13.0 Å². The number of halogens is 1. The smallest absolute Gasteiger partial charge is 0.310 e. The number of likely N-dealkylation sites (tertiary alicyclic amines) is 1. The average molecular weight is 339 g/mol. The van der Waals surface area contributed by atoms with Crippen LogP contribution in [-0.2, 0) is 14.3 Å². The lowest BCUT2D eigenvalue weighted by Crippen LogP contribution is -2.43. The highest BCUT2D eigenvalue weighted by Crippen LogP contribution is 2.23. The number of anilines is 1. The van der Waals surface area contributed by atoms with Gasteiger partial charge in [0, 0.05) is 17.3 Å². The lowest BCUT2D eigenvalue weighted by molar-refractivity contribution is -0.150. The highest BCUT2D eigenvalue weighted by molar-refractivity contribution is 6.31. The SMILES string of the molecule is CCOC(=O)[C@@H]1CCCN(CC(=O)Nc2cccc(Cl)c2C)C1. The number of amides is 1. The van der Waals surface area contributed by atoms with Gasteiger partial charge < -0.3 is 10.1 Å². The van der Waals surface area contributed by atoms with Crippen LogP contribution in [0.4, 0.5) is 5.69 Å². The maximum Gasteiger partial charge on any atom is 0.310 e. The summed E-state index contributed by atoms with van der Waals surface area (Å²) in [5.41, 5.74) is 1.58. The molecule has 0 radical (unpaired) electrons. The number of piperidine rings is 1. The Labute approximate surface area is 141 Å². The first-order valence-electron chi connectivity index (χ1n) is 7.95. The summed E-state index contributed by atoms with van der Waals surface area (Å²) < 4.78 is 5.08. The lowest BCUT2D eigenvalue weighted by atomic mass is 9.98. The second-order valence-corrected chi connectivity index (χ2v) is 6.19. The van der Waals surface area contributed by atoms with E-state index in [0.717, 1.165) is 30.6 Å². The van der Waals surface area contributed by atoms with Crippen molar-refractivity contribution in [3.63, 3.8) is 0 Å². The van der Waals surface area contributed by atoms with E-state index in [0.29, 0.717) is 18.2 Å². The van der Waals surface area contributed by atoms with Crippen LogP contribution >= 0.6 is 11.6 Å². The number of ether oxygens (including phenoxy) is 1. The number of carbonyl (C=O) groups excluding carboxylic acids is 2. The Kier molecular flexibility index (Phi) is 6.42. The van der Waals surface area contributed by atoms with E-state index >= 15 is 0 Å². The zero-order valence-corrected chi connectivity index (χ0v) is 14.4. The second-order valence-electron chi connectivity index (χ2n) is 5.79. The van der Waals surface area contributed by atoms with E-state index in [2.05, 4.69) is 5.32 Å². The van der Waals surface area contributed by atoms with Crippen molar-refractivity contribution >= 4 is 29.2 Å². The predicted octanol–water partition coefficient (Wildman–Crippen LogP) is 2.86. The van der Waals surface area contributed by atoms with Crippen LogP contribution in [-0.4, -0.2) is 43.0 Å². The van der Waals surface area contributed by atoms with Crippen LogP contribution in [0.3, 0.4) is 0 Å². The van der Waals surface area contributed by atoms with Crippen LogP contribution in [0.25, 0.3) is 0 Å². The normalized spacial score (nSPS) is 18.5. The van der Waals surface area contributed by atoms with E-state index in [1.165, 1.54) is 0 Å². The van der Waals surface area contributed by atoms with Crippen LogP contribution in [0.2, 0.25) is 5.02 Å². The first kappa shape index (κ1) is 17.8. The molecule has 0 aliphatic carbocycles. The Morgan fingerprint density at radius 1 is 1.43 bits per heavy atom. The zero-order valence-electron chi connectivity index (χ0n) is 13.6. The van der Waals surface area contributed by atoms with Gasteiger partial charge in [0.2, 0.25) is 5.91 Å². The molecule has 1 amide bonds. The average Bonchev–Trinajstić information content (AvgIpc) is 2.52. The van der Waals surface area contributed by atoms with Crippen LogP contribution < -0.4 is 5.32 Å². The molecule has 0 aromatic heterocycles. The van der Waals surface area contributed by atoms with Gasteiger partial charge in [-0.3, -0.25) is 14.5 Å². The number of carbonyl (C=O) groups is 2. The number of rotatable bonds is 5. The minimum atomic E-state index is -0.164. The summed E-state index contributed by atoms with van der Waals surface area (Å²) in [7, 11) is 0. The van der Waals surface area contributed by atoms with Gasteiger partial charge in [-0.15, -0.1) is 0 Å². The molecule has 1 aromatic carbocycles. The van der Waals surface area contributed by atoms with E-state index in [9.17, 15) is 9.59 Å². The number of esters is 1. The fraction of sp³-hybridized carbons (Fsp3) is 0.529. The quantitative estimate of drug-likeness (QED) is 0.839. The molecule has 1 aromatic rings. The van der Waals surface area contributed by atoms with Crippen molar-refractivity contribution in [1.29, 1.82) is 0 Å². The Bertz CT molecular complexity index is 577. The second kappa shape index (κ2) is 8.31. The maximum atomic E-state index is 12.2. The molecule has 2 rings (SSSR count). The van der Waals surface area contributed by atoms with Crippen molar-refractivity contribution < 1.29 is 14.3 Å². The molecule has 0 spiro atoms. The molecule has 1 heterocycles. The molecule has 23 heavy (non-hydrogen) atoms. The molecule has 6 heteroatoms. The molecular weight excluding hydrogens is 316 g/mol. The van der Waals surface area contributed by atoms with E-state index in [1.807, 2.05) is 24.0 Å². The van der Waals surface area contributed by atoms with Crippen molar-refractivity contribution in [2.45, 2.75) is 26.7 Å². The van der Waals surface area contributed by atoms with Crippen molar-refractivity contribution in [3.8, 4) is 0 Å². The van der Waals surface area contributed by atoms with E-state index in [4.69, 9.17) is 16.3 Å². The molecule has 0 unspecified atom stereocenters. The number of nitrogens with zero attached hydrogens (tertiary/aromatic N) is 1. The number of benzene rings is 1. The fourth-order valence-corrected chi connectivity index (χ4v) is 2.96. The summed E-state index contributed by atoms with van der Waals surface area (Å²) in [6.45, 7) is 5.72. The Morgan fingerprint density at radius 3 is 2.96 bits per heavy atom. The summed E-state index contributed by atoms with van der Waals surface area (Å²) in [5.74, 6) is -0.396. The molecule has 0 bridgehead atoms. The molecule has 126 valence electrons. The molecule has 1 aliphatic rings. The van der Waals surface area contributed by atoms with Crippen molar-refractivity contribution in [2.24, 2.45) is 5.92 Å². The zero-order chi connectivity index (χ0) is 16.8. The third-order valence-corrected chi connectivity index (χ3v) is 4.44. The summed E-state index contributed by atoms with van der Waals surface area (Å²) in [6, 6.07) is 5.43. The molecule has 1 fully saturated rings. The summed E-state index contributed by atoms with van der Waals surface area (Å²) in [6.07, 6.45) is 1.72. The van der Waals surface area contributed by atoms with E-state index in [-0.39, 0.29) is 24.3 Å². The van der Waals surface area contributed by atoms with Crippen LogP contribution in [0.1, 0.15) is 25.3 Å². The minimum Gasteiger partial charge on any atom is -0.466 e. The van der Waals surface area contributed by atoms with Gasteiger partial charge in [-0.1, -0.05) is 17.7 Å². The van der Waals surface area contributed by atoms with Gasteiger partial charge in [-0.05, 0) is 50.9 Å². The van der Waals surface area contributed by atoms with E-state index < -0.39 is 0 Å². The molecule has 1 saturated heterocycles. The van der Waals surface area contributed by atoms with Crippen LogP contribution in [0, 0.1) is 12.8 Å². The Balaban J connectivity index is 1.89. The predicted molar refractivity (Wildman–Crippen MR) is 90.6 cm³/mol. The summed E-state index contributed by atoms with van der Waals surface area (Å²) >= 11 is 6.06. The van der Waals surface area contributed by atoms with Gasteiger partial charge in [0.25, 0.3) is 0 Å². The highest BCUT2D eigenvalue weighted by atomic mass is 35.5. The van der Waals surface area contributed by atoms with Crippen molar-refractivity contribution in [3.05, 3.63) is 28.8 Å². The number of nitrogens with one attached hydrogen (secondary N) is 1. The van der Waals surface area contributed by atoms with Gasteiger partial charge in [-0.2, -0.15) is 0 Å². The molecule has 1 aliphatic heterocycles. The topological polar surface area (TPSA) is 58.6 Å². The molecule has 1 atom stereocenters. The van der Waals surface area contributed by atoms with Gasteiger partial charge in [0.1, 0.15) is 0 Å². The third-order valence-electron chi connectivity index (χ3n) is 4.03. The first-order valence-corrected chi connectivity index (χ1v) is 8.33. The largest absolute Gasteiger partial charge is 0.466 e. The van der Waals surface area contributed by atoms with Crippen molar-refractivity contribution in [1.82, 2.24) is 4.90 Å². The minimum absolute atomic E-state index is 0.0973. The molecule has 1 N–H and O–H groups in total. The number of hydrogen-bond donors (Lipinski definition) is 1. The molecule has 0 saturated carbocycles. The monoisotopic (exact) mass is 338 g/mol. The van der Waals surface area contributed by atoms with Gasteiger partial charge in [0.15, 0.2) is 0 Å². The Hall–Kier alpha value is -1.59. The van der Waals surface area contributed by atoms with Crippen LogP contribution in [0.15, 0.2) is 18.2 Å². The number of hydrogen-bond acceptors (Lipinski definition) is 4. The van der Waals surface area contributed by atoms with Gasteiger partial charge >= 0.3 is 5.97 Å². The summed E-state index contributed by atoms with van der Waals surface area (Å²) in [4.78, 5) is 26.1. The van der Waals surface area contributed by atoms with Gasteiger partial charge in [-0.25, -0.2) is 0 Å².